The van der Waals surface area contributed by atoms with Gasteiger partial charge in [0.1, 0.15) is 5.75 Å². The van der Waals surface area contributed by atoms with Gasteiger partial charge in [0.25, 0.3) is 0 Å². The second-order valence-electron chi connectivity index (χ2n) is 6.97. The number of pyridine rings is 1. The molecule has 0 spiro atoms. The molecule has 118 valence electrons. The van der Waals surface area contributed by atoms with Crippen molar-refractivity contribution in [3.63, 3.8) is 0 Å². The second kappa shape index (κ2) is 6.78. The number of nitrogens with one attached hydrogen (secondary N) is 1. The van der Waals surface area contributed by atoms with E-state index in [4.69, 9.17) is 9.72 Å². The van der Waals surface area contributed by atoms with Gasteiger partial charge in [0.2, 0.25) is 0 Å². The molecule has 0 aliphatic heterocycles. The summed E-state index contributed by atoms with van der Waals surface area (Å²) >= 11 is 0. The zero-order chi connectivity index (χ0) is 15.5. The molecule has 21 heavy (non-hydrogen) atoms. The van der Waals surface area contributed by atoms with E-state index in [1.54, 1.807) is 7.11 Å². The van der Waals surface area contributed by atoms with Crippen LogP contribution in [-0.4, -0.2) is 24.7 Å². The number of aryl methyl sites for hydroxylation is 1. The molecule has 1 heterocycles. The molecule has 0 atom stereocenters. The van der Waals surface area contributed by atoms with Crippen molar-refractivity contribution < 1.29 is 4.74 Å². The highest BCUT2D eigenvalue weighted by Gasteiger charge is 2.35. The van der Waals surface area contributed by atoms with Crippen LogP contribution in [0.25, 0.3) is 0 Å². The first-order valence-electron chi connectivity index (χ1n) is 8.20. The van der Waals surface area contributed by atoms with Gasteiger partial charge in [0.15, 0.2) is 0 Å². The SMILES string of the molecule is COc1c(C)cnc(CC2(CNC(C)C)CCCC2)c1C. The van der Waals surface area contributed by atoms with Crippen molar-refractivity contribution in [3.8, 4) is 5.75 Å². The lowest BCUT2D eigenvalue weighted by Crippen LogP contribution is -2.37. The highest BCUT2D eigenvalue weighted by Crippen LogP contribution is 2.41. The van der Waals surface area contributed by atoms with E-state index < -0.39 is 0 Å². The normalized spacial score (nSPS) is 17.4. The zero-order valence-electron chi connectivity index (χ0n) is 14.3. The maximum Gasteiger partial charge on any atom is 0.128 e. The lowest BCUT2D eigenvalue weighted by molar-refractivity contribution is 0.265. The van der Waals surface area contributed by atoms with E-state index in [1.807, 2.05) is 6.20 Å². The van der Waals surface area contributed by atoms with Gasteiger partial charge in [0, 0.05) is 35.6 Å². The standard InChI is InChI=1S/C18H30N2O/c1-13(2)20-12-18(8-6-7-9-18)10-16-15(4)17(21-5)14(3)11-19-16/h11,13,20H,6-10,12H2,1-5H3. The summed E-state index contributed by atoms with van der Waals surface area (Å²) in [5.41, 5.74) is 3.93. The number of hydrogen-bond donors (Lipinski definition) is 1. The summed E-state index contributed by atoms with van der Waals surface area (Å²) in [5, 5.41) is 3.65. The number of hydrogen-bond acceptors (Lipinski definition) is 3. The Balaban J connectivity index is 2.21. The van der Waals surface area contributed by atoms with Crippen molar-refractivity contribution in [1.29, 1.82) is 0 Å². The molecule has 3 heteroatoms. The molecule has 1 aliphatic carbocycles. The summed E-state index contributed by atoms with van der Waals surface area (Å²) in [6.45, 7) is 9.76. The molecule has 0 aromatic carbocycles. The number of nitrogens with zero attached hydrogens (tertiary/aromatic N) is 1. The molecule has 3 nitrogen and oxygen atoms in total. The fraction of sp³-hybridized carbons (Fsp3) is 0.722. The summed E-state index contributed by atoms with van der Waals surface area (Å²) in [4.78, 5) is 4.71. The third-order valence-corrected chi connectivity index (χ3v) is 4.84. The maximum absolute atomic E-state index is 5.56. The van der Waals surface area contributed by atoms with Crippen molar-refractivity contribution in [3.05, 3.63) is 23.0 Å². The minimum atomic E-state index is 0.377. The molecular formula is C18H30N2O. The molecule has 1 N–H and O–H groups in total. The van der Waals surface area contributed by atoms with Gasteiger partial charge in [-0.1, -0.05) is 26.7 Å². The summed E-state index contributed by atoms with van der Waals surface area (Å²) < 4.78 is 5.56. The minimum absolute atomic E-state index is 0.377. The lowest BCUT2D eigenvalue weighted by Gasteiger charge is -2.31. The number of aromatic nitrogens is 1. The van der Waals surface area contributed by atoms with Crippen LogP contribution in [0.1, 0.15) is 56.4 Å². The van der Waals surface area contributed by atoms with E-state index in [0.29, 0.717) is 11.5 Å². The predicted octanol–water partition coefficient (Wildman–Crippen LogP) is 3.81. The maximum atomic E-state index is 5.56. The Labute approximate surface area is 129 Å². The van der Waals surface area contributed by atoms with Crippen LogP contribution in [0.15, 0.2) is 6.20 Å². The molecule has 0 amide bonds. The highest BCUT2D eigenvalue weighted by atomic mass is 16.5. The molecule has 1 aromatic heterocycles. The van der Waals surface area contributed by atoms with Gasteiger partial charge in [0.05, 0.1) is 7.11 Å². The smallest absolute Gasteiger partial charge is 0.128 e. The largest absolute Gasteiger partial charge is 0.496 e. The van der Waals surface area contributed by atoms with Gasteiger partial charge >= 0.3 is 0 Å². The lowest BCUT2D eigenvalue weighted by atomic mass is 9.80. The van der Waals surface area contributed by atoms with Crippen molar-refractivity contribution >= 4 is 0 Å². The van der Waals surface area contributed by atoms with Crippen LogP contribution < -0.4 is 10.1 Å². The van der Waals surface area contributed by atoms with Crippen LogP contribution in [0.2, 0.25) is 0 Å². The molecule has 0 unspecified atom stereocenters. The van der Waals surface area contributed by atoms with Gasteiger partial charge in [-0.25, -0.2) is 0 Å². The Hall–Kier alpha value is -1.09. The first-order valence-corrected chi connectivity index (χ1v) is 8.20. The van der Waals surface area contributed by atoms with Crippen LogP contribution in [0.3, 0.4) is 0 Å². The molecule has 1 saturated carbocycles. The van der Waals surface area contributed by atoms with Crippen LogP contribution in [0, 0.1) is 19.3 Å². The topological polar surface area (TPSA) is 34.1 Å². The third-order valence-electron chi connectivity index (χ3n) is 4.84. The van der Waals surface area contributed by atoms with E-state index in [2.05, 4.69) is 33.0 Å². The molecular weight excluding hydrogens is 260 g/mol. The van der Waals surface area contributed by atoms with Gasteiger partial charge in [-0.05, 0) is 38.5 Å². The second-order valence-corrected chi connectivity index (χ2v) is 6.97. The fourth-order valence-electron chi connectivity index (χ4n) is 3.57. The zero-order valence-corrected chi connectivity index (χ0v) is 14.3. The van der Waals surface area contributed by atoms with Crippen LogP contribution in [0.4, 0.5) is 0 Å². The summed E-state index contributed by atoms with van der Waals surface area (Å²) in [5.74, 6) is 1.00. The molecule has 0 radical (unpaired) electrons. The first-order chi connectivity index (χ1) is 9.97. The van der Waals surface area contributed by atoms with Crippen molar-refractivity contribution in [2.45, 2.75) is 65.8 Å². The van der Waals surface area contributed by atoms with Crippen LogP contribution >= 0.6 is 0 Å². The first kappa shape index (κ1) is 16.3. The fourth-order valence-corrected chi connectivity index (χ4v) is 3.57. The van der Waals surface area contributed by atoms with Gasteiger partial charge in [-0.2, -0.15) is 0 Å². The number of rotatable bonds is 6. The summed E-state index contributed by atoms with van der Waals surface area (Å²) in [6, 6.07) is 0.545. The van der Waals surface area contributed by atoms with Crippen LogP contribution in [0.5, 0.6) is 5.75 Å². The van der Waals surface area contributed by atoms with Gasteiger partial charge in [-0.3, -0.25) is 4.98 Å². The molecule has 1 aromatic rings. The van der Waals surface area contributed by atoms with Gasteiger partial charge in [-0.15, -0.1) is 0 Å². The molecule has 2 rings (SSSR count). The van der Waals surface area contributed by atoms with Crippen molar-refractivity contribution in [1.82, 2.24) is 10.3 Å². The average Bonchev–Trinajstić information content (AvgIpc) is 2.90. The van der Waals surface area contributed by atoms with Crippen molar-refractivity contribution in [2.24, 2.45) is 5.41 Å². The molecule has 1 fully saturated rings. The quantitative estimate of drug-likeness (QED) is 0.865. The Bertz CT molecular complexity index is 476. The highest BCUT2D eigenvalue weighted by molar-refractivity contribution is 5.41. The van der Waals surface area contributed by atoms with Crippen molar-refractivity contribution in [2.75, 3.05) is 13.7 Å². The minimum Gasteiger partial charge on any atom is -0.496 e. The Morgan fingerprint density at radius 3 is 2.52 bits per heavy atom. The number of ether oxygens (including phenoxy) is 1. The third kappa shape index (κ3) is 3.76. The summed E-state index contributed by atoms with van der Waals surface area (Å²) in [6.07, 6.45) is 8.34. The Morgan fingerprint density at radius 1 is 1.29 bits per heavy atom. The van der Waals surface area contributed by atoms with E-state index in [1.165, 1.54) is 36.9 Å². The van der Waals surface area contributed by atoms with E-state index in [0.717, 1.165) is 24.3 Å². The van der Waals surface area contributed by atoms with E-state index in [9.17, 15) is 0 Å². The van der Waals surface area contributed by atoms with Gasteiger partial charge < -0.3 is 10.1 Å². The molecule has 0 saturated heterocycles. The van der Waals surface area contributed by atoms with E-state index in [-0.39, 0.29) is 0 Å². The predicted molar refractivity (Wildman–Crippen MR) is 88.0 cm³/mol. The van der Waals surface area contributed by atoms with E-state index >= 15 is 0 Å². The Morgan fingerprint density at radius 2 is 1.95 bits per heavy atom. The molecule has 1 aliphatic rings. The number of methoxy groups -OCH3 is 1. The van der Waals surface area contributed by atoms with Crippen LogP contribution in [-0.2, 0) is 6.42 Å². The summed E-state index contributed by atoms with van der Waals surface area (Å²) in [7, 11) is 1.75. The Kier molecular flexibility index (Phi) is 5.26. The monoisotopic (exact) mass is 290 g/mol. The molecule has 0 bridgehead atoms. The average molecular weight is 290 g/mol.